The smallest absolute Gasteiger partial charge is 0.305 e. The number of hydrogen-bond donors (Lipinski definition) is 1. The average Bonchev–Trinajstić information content (AvgIpc) is 2.26. The van der Waals surface area contributed by atoms with Gasteiger partial charge < -0.3 is 4.74 Å². The average molecular weight is 211 g/mol. The second kappa shape index (κ2) is 5.65. The molecule has 14 heavy (non-hydrogen) atoms. The van der Waals surface area contributed by atoms with Gasteiger partial charge in [-0.2, -0.15) is 12.6 Å². The van der Waals surface area contributed by atoms with Crippen LogP contribution >= 0.6 is 12.6 Å². The van der Waals surface area contributed by atoms with Crippen LogP contribution in [0.5, 0.6) is 0 Å². The van der Waals surface area contributed by atoms with Gasteiger partial charge in [-0.05, 0) is 12.1 Å². The molecule has 3 nitrogen and oxygen atoms in total. The van der Waals surface area contributed by atoms with Gasteiger partial charge >= 0.3 is 5.97 Å². The topological polar surface area (TPSA) is 39.2 Å². The van der Waals surface area contributed by atoms with Gasteiger partial charge in [-0.3, -0.25) is 9.78 Å². The summed E-state index contributed by atoms with van der Waals surface area (Å²) in [5.41, 5.74) is 1.83. The Morgan fingerprint density at radius 3 is 2.86 bits per heavy atom. The van der Waals surface area contributed by atoms with Crippen molar-refractivity contribution < 1.29 is 9.53 Å². The molecule has 0 bridgehead atoms. The Kier molecular flexibility index (Phi) is 4.46. The van der Waals surface area contributed by atoms with Crippen molar-refractivity contribution in [2.75, 3.05) is 7.11 Å². The molecule has 76 valence electrons. The summed E-state index contributed by atoms with van der Waals surface area (Å²) < 4.78 is 4.55. The van der Waals surface area contributed by atoms with Crippen molar-refractivity contribution in [2.24, 2.45) is 0 Å². The Balaban J connectivity index is 2.54. The summed E-state index contributed by atoms with van der Waals surface area (Å²) in [6.07, 6.45) is 0.994. The van der Waals surface area contributed by atoms with E-state index in [1.165, 1.54) is 7.11 Å². The third kappa shape index (κ3) is 3.38. The van der Waals surface area contributed by atoms with Crippen molar-refractivity contribution in [2.45, 2.75) is 18.6 Å². The van der Waals surface area contributed by atoms with E-state index >= 15 is 0 Å². The maximum Gasteiger partial charge on any atom is 0.305 e. The van der Waals surface area contributed by atoms with Crippen LogP contribution in [0.3, 0.4) is 0 Å². The van der Waals surface area contributed by atoms with Crippen LogP contribution in [0.1, 0.15) is 17.8 Å². The van der Waals surface area contributed by atoms with Crippen LogP contribution in [-0.4, -0.2) is 18.1 Å². The molecule has 1 aromatic rings. The number of nitrogens with zero attached hydrogens (tertiary/aromatic N) is 1. The van der Waals surface area contributed by atoms with Crippen molar-refractivity contribution in [3.8, 4) is 0 Å². The molecule has 0 spiro atoms. The van der Waals surface area contributed by atoms with Crippen molar-refractivity contribution in [1.82, 2.24) is 4.98 Å². The Morgan fingerprint density at radius 1 is 1.50 bits per heavy atom. The van der Waals surface area contributed by atoms with Crippen LogP contribution in [0.25, 0.3) is 0 Å². The fourth-order valence-electron chi connectivity index (χ4n) is 1.09. The third-order valence-corrected chi connectivity index (χ3v) is 2.16. The lowest BCUT2D eigenvalue weighted by molar-refractivity contribution is -0.140. The minimum absolute atomic E-state index is 0.205. The standard InChI is InChI=1S/C10H13NO2S/c1-13-10(12)6-5-8-3-2-4-9(7-14)11-8/h2-4,14H,5-7H2,1H3. The molecular formula is C10H13NO2S. The van der Waals surface area contributed by atoms with Crippen LogP contribution in [0.4, 0.5) is 0 Å². The summed E-state index contributed by atoms with van der Waals surface area (Å²) in [5, 5.41) is 0. The first-order chi connectivity index (χ1) is 6.76. The fraction of sp³-hybridized carbons (Fsp3) is 0.400. The summed E-state index contributed by atoms with van der Waals surface area (Å²) in [4.78, 5) is 15.2. The van der Waals surface area contributed by atoms with Gasteiger partial charge in [-0.25, -0.2) is 0 Å². The summed E-state index contributed by atoms with van der Waals surface area (Å²) in [6.45, 7) is 0. The number of esters is 1. The third-order valence-electron chi connectivity index (χ3n) is 1.84. The van der Waals surface area contributed by atoms with Gasteiger partial charge in [0.15, 0.2) is 0 Å². The molecular weight excluding hydrogens is 198 g/mol. The number of hydrogen-bond acceptors (Lipinski definition) is 4. The predicted octanol–water partition coefficient (Wildman–Crippen LogP) is 1.62. The van der Waals surface area contributed by atoms with Gasteiger partial charge in [-0.15, -0.1) is 0 Å². The molecule has 0 amide bonds. The molecule has 0 saturated heterocycles. The van der Waals surface area contributed by atoms with Crippen molar-refractivity contribution in [3.05, 3.63) is 29.6 Å². The number of thiol groups is 1. The Bertz CT molecular complexity index is 315. The fourth-order valence-corrected chi connectivity index (χ4v) is 1.26. The summed E-state index contributed by atoms with van der Waals surface area (Å²) >= 11 is 4.13. The molecule has 0 unspecified atom stereocenters. The SMILES string of the molecule is COC(=O)CCc1cccc(CS)n1. The zero-order valence-electron chi connectivity index (χ0n) is 8.06. The normalized spacial score (nSPS) is 9.86. The van der Waals surface area contributed by atoms with Crippen molar-refractivity contribution in [3.63, 3.8) is 0 Å². The van der Waals surface area contributed by atoms with Crippen molar-refractivity contribution in [1.29, 1.82) is 0 Å². The molecule has 1 aromatic heterocycles. The van der Waals surface area contributed by atoms with Gasteiger partial charge in [0.1, 0.15) is 0 Å². The number of ether oxygens (including phenoxy) is 1. The zero-order valence-corrected chi connectivity index (χ0v) is 8.96. The maximum absolute atomic E-state index is 10.9. The molecule has 0 aliphatic carbocycles. The highest BCUT2D eigenvalue weighted by Gasteiger charge is 2.02. The van der Waals surface area contributed by atoms with Crippen molar-refractivity contribution >= 4 is 18.6 Å². The number of rotatable bonds is 4. The number of carbonyl (C=O) groups is 1. The molecule has 0 fully saturated rings. The van der Waals surface area contributed by atoms with E-state index in [0.717, 1.165) is 11.4 Å². The molecule has 4 heteroatoms. The molecule has 0 radical (unpaired) electrons. The van der Waals surface area contributed by atoms with Crippen LogP contribution < -0.4 is 0 Å². The summed E-state index contributed by atoms with van der Waals surface area (Å²) in [6, 6.07) is 5.73. The molecule has 1 rings (SSSR count). The molecule has 0 aliphatic heterocycles. The van der Waals surface area contributed by atoms with Gasteiger partial charge in [0.2, 0.25) is 0 Å². The van der Waals surface area contributed by atoms with E-state index in [-0.39, 0.29) is 5.97 Å². The lowest BCUT2D eigenvalue weighted by Crippen LogP contribution is -2.03. The Morgan fingerprint density at radius 2 is 2.21 bits per heavy atom. The first-order valence-electron chi connectivity index (χ1n) is 4.38. The highest BCUT2D eigenvalue weighted by atomic mass is 32.1. The highest BCUT2D eigenvalue weighted by Crippen LogP contribution is 2.04. The molecule has 1 heterocycles. The summed E-state index contributed by atoms with van der Waals surface area (Å²) in [5.74, 6) is 0.412. The van der Waals surface area contributed by atoms with Crippen LogP contribution in [0.2, 0.25) is 0 Å². The number of methoxy groups -OCH3 is 1. The molecule has 0 saturated carbocycles. The van der Waals surface area contributed by atoms with E-state index in [0.29, 0.717) is 18.6 Å². The van der Waals surface area contributed by atoms with Gasteiger partial charge in [-0.1, -0.05) is 6.07 Å². The number of aryl methyl sites for hydroxylation is 1. The summed E-state index contributed by atoms with van der Waals surface area (Å²) in [7, 11) is 1.39. The van der Waals surface area contributed by atoms with Gasteiger partial charge in [0.05, 0.1) is 19.2 Å². The lowest BCUT2D eigenvalue weighted by Gasteiger charge is -2.01. The first kappa shape index (κ1) is 11.0. The second-order valence-electron chi connectivity index (χ2n) is 2.85. The largest absolute Gasteiger partial charge is 0.469 e. The van der Waals surface area contributed by atoms with E-state index in [4.69, 9.17) is 0 Å². The quantitative estimate of drug-likeness (QED) is 0.607. The van der Waals surface area contributed by atoms with Crippen LogP contribution in [-0.2, 0) is 21.7 Å². The van der Waals surface area contributed by atoms with E-state index in [9.17, 15) is 4.79 Å². The molecule has 0 atom stereocenters. The predicted molar refractivity (Wildman–Crippen MR) is 57.3 cm³/mol. The highest BCUT2D eigenvalue weighted by molar-refractivity contribution is 7.79. The monoisotopic (exact) mass is 211 g/mol. The zero-order chi connectivity index (χ0) is 10.4. The van der Waals surface area contributed by atoms with E-state index < -0.39 is 0 Å². The molecule has 0 aromatic carbocycles. The lowest BCUT2D eigenvalue weighted by atomic mass is 10.2. The minimum atomic E-state index is -0.205. The van der Waals surface area contributed by atoms with E-state index in [2.05, 4.69) is 22.3 Å². The van der Waals surface area contributed by atoms with Gasteiger partial charge in [0.25, 0.3) is 0 Å². The van der Waals surface area contributed by atoms with Crippen LogP contribution in [0, 0.1) is 0 Å². The number of pyridine rings is 1. The minimum Gasteiger partial charge on any atom is -0.469 e. The van der Waals surface area contributed by atoms with Crippen LogP contribution in [0.15, 0.2) is 18.2 Å². The second-order valence-corrected chi connectivity index (χ2v) is 3.17. The molecule has 0 N–H and O–H groups in total. The van der Waals surface area contributed by atoms with E-state index in [1.807, 2.05) is 18.2 Å². The van der Waals surface area contributed by atoms with Gasteiger partial charge in [0, 0.05) is 17.9 Å². The first-order valence-corrected chi connectivity index (χ1v) is 5.02. The number of aromatic nitrogens is 1. The maximum atomic E-state index is 10.9. The van der Waals surface area contributed by atoms with E-state index in [1.54, 1.807) is 0 Å². The Hall–Kier alpha value is -1.03. The Labute approximate surface area is 88.9 Å². The molecule has 0 aliphatic rings. The number of carbonyl (C=O) groups excluding carboxylic acids is 1.